The highest BCUT2D eigenvalue weighted by Gasteiger charge is 2.53. The highest BCUT2D eigenvalue weighted by Crippen LogP contribution is 2.61. The Bertz CT molecular complexity index is 1560. The molecule has 1 aliphatic heterocycles. The number of benzene rings is 1. The van der Waals surface area contributed by atoms with Crippen LogP contribution in [0, 0.1) is 34.5 Å². The van der Waals surface area contributed by atoms with Crippen molar-refractivity contribution in [2.75, 3.05) is 24.7 Å². The molecular weight excluding hydrogens is 629 g/mol. The summed E-state index contributed by atoms with van der Waals surface area (Å²) in [5.41, 5.74) is -2.58. The molecule has 4 saturated carbocycles. The van der Waals surface area contributed by atoms with Crippen molar-refractivity contribution in [3.63, 3.8) is 0 Å². The molecule has 48 heavy (non-hydrogen) atoms. The fourth-order valence-electron chi connectivity index (χ4n) is 8.73. The molecule has 11 nitrogen and oxygen atoms in total. The number of aryl methyl sites for hydroxylation is 1. The minimum absolute atomic E-state index is 0.0965. The van der Waals surface area contributed by atoms with E-state index in [1.165, 1.54) is 63.3 Å². The number of anilines is 1. The summed E-state index contributed by atoms with van der Waals surface area (Å²) in [6, 6.07) is 3.53. The van der Waals surface area contributed by atoms with Gasteiger partial charge in [0.2, 0.25) is 0 Å². The number of ether oxygens (including phenoxy) is 2. The van der Waals surface area contributed by atoms with Crippen molar-refractivity contribution in [2.24, 2.45) is 23.2 Å². The fourth-order valence-corrected chi connectivity index (χ4v) is 8.73. The summed E-state index contributed by atoms with van der Waals surface area (Å²) in [4.78, 5) is 41.1. The van der Waals surface area contributed by atoms with Crippen LogP contribution >= 0.6 is 0 Å². The minimum atomic E-state index is -4.83. The molecule has 5 aliphatic rings. The van der Waals surface area contributed by atoms with Gasteiger partial charge in [-0.2, -0.15) is 18.4 Å². The van der Waals surface area contributed by atoms with Crippen LogP contribution in [-0.4, -0.2) is 63.1 Å². The topological polar surface area (TPSA) is 131 Å². The van der Waals surface area contributed by atoms with Gasteiger partial charge in [0.25, 0.3) is 5.91 Å². The van der Waals surface area contributed by atoms with Gasteiger partial charge in [-0.15, -0.1) is 5.10 Å². The Morgan fingerprint density at radius 1 is 1.04 bits per heavy atom. The van der Waals surface area contributed by atoms with Gasteiger partial charge in [-0.1, -0.05) is 5.21 Å². The van der Waals surface area contributed by atoms with Gasteiger partial charge in [0.05, 0.1) is 55.3 Å². The summed E-state index contributed by atoms with van der Waals surface area (Å²) in [7, 11) is 0. The molecule has 5 fully saturated rings. The van der Waals surface area contributed by atoms with Gasteiger partial charge in [0.1, 0.15) is 11.2 Å². The molecule has 0 N–H and O–H groups in total. The molecule has 0 atom stereocenters. The van der Waals surface area contributed by atoms with E-state index in [1.807, 2.05) is 0 Å². The van der Waals surface area contributed by atoms with Crippen LogP contribution in [0.2, 0.25) is 0 Å². The predicted octanol–water partition coefficient (Wildman–Crippen LogP) is 5.86. The third kappa shape index (κ3) is 6.92. The summed E-state index contributed by atoms with van der Waals surface area (Å²) in [6.45, 7) is 4.54. The number of alkyl halides is 3. The number of esters is 1. The quantitative estimate of drug-likeness (QED) is 0.147. The summed E-state index contributed by atoms with van der Waals surface area (Å²) in [6.07, 6.45) is 5.99. The van der Waals surface area contributed by atoms with Crippen LogP contribution in [0.15, 0.2) is 24.4 Å². The Morgan fingerprint density at radius 2 is 1.73 bits per heavy atom. The molecule has 4 aliphatic carbocycles. The van der Waals surface area contributed by atoms with Gasteiger partial charge in [-0.3, -0.25) is 14.3 Å². The van der Waals surface area contributed by atoms with E-state index in [9.17, 15) is 27.6 Å². The van der Waals surface area contributed by atoms with E-state index in [0.29, 0.717) is 50.8 Å². The number of imide groups is 1. The lowest BCUT2D eigenvalue weighted by Crippen LogP contribution is -2.47. The van der Waals surface area contributed by atoms with Crippen molar-refractivity contribution < 1.29 is 37.0 Å². The lowest BCUT2D eigenvalue weighted by molar-refractivity contribution is -0.152. The van der Waals surface area contributed by atoms with Gasteiger partial charge < -0.3 is 14.4 Å². The predicted molar refractivity (Wildman–Crippen MR) is 165 cm³/mol. The largest absolute Gasteiger partial charge is 0.466 e. The van der Waals surface area contributed by atoms with Crippen LogP contribution in [0.25, 0.3) is 0 Å². The number of rotatable bonds is 13. The van der Waals surface area contributed by atoms with Crippen molar-refractivity contribution in [1.29, 1.82) is 5.26 Å². The average Bonchev–Trinajstić information content (AvgIpc) is 3.52. The maximum atomic E-state index is 13.5. The number of urea groups is 1. The number of halogens is 3. The van der Waals surface area contributed by atoms with E-state index >= 15 is 0 Å². The molecule has 7 rings (SSSR count). The lowest BCUT2D eigenvalue weighted by Gasteiger charge is -2.56. The molecule has 3 amide bonds. The number of carbonyl (C=O) groups excluding carboxylic acids is 3. The molecule has 14 heteroatoms. The van der Waals surface area contributed by atoms with Crippen LogP contribution in [-0.2, 0) is 38.4 Å². The first-order valence-electron chi connectivity index (χ1n) is 16.7. The van der Waals surface area contributed by atoms with Gasteiger partial charge in [0, 0.05) is 19.5 Å². The molecular formula is C34H41F3N6O5. The third-order valence-corrected chi connectivity index (χ3v) is 10.5. The second-order valence-corrected chi connectivity index (χ2v) is 14.5. The van der Waals surface area contributed by atoms with E-state index in [1.54, 1.807) is 10.9 Å². The molecule has 1 aromatic heterocycles. The van der Waals surface area contributed by atoms with Gasteiger partial charge >= 0.3 is 18.2 Å². The van der Waals surface area contributed by atoms with Gasteiger partial charge in [-0.05, 0) is 100 Å². The van der Waals surface area contributed by atoms with Crippen LogP contribution < -0.4 is 4.90 Å². The first-order chi connectivity index (χ1) is 22.8. The minimum Gasteiger partial charge on any atom is -0.466 e. The van der Waals surface area contributed by atoms with Crippen molar-refractivity contribution in [1.82, 2.24) is 19.9 Å². The smallest absolute Gasteiger partial charge is 0.417 e. The number of amides is 3. The number of hydrogen-bond acceptors (Lipinski definition) is 8. The monoisotopic (exact) mass is 670 g/mol. The molecule has 4 bridgehead atoms. The SMILES string of the molecule is CC1(C)C(=O)N(c2ccc(C#N)c(C(F)(F)F)c2)C(=O)N1CCCn1cc(COCCCOC(=O)CC23CC4CC(CC(C4)C2)C3)nn1. The van der Waals surface area contributed by atoms with E-state index in [4.69, 9.17) is 14.7 Å². The van der Waals surface area contributed by atoms with E-state index in [-0.39, 0.29) is 30.2 Å². The Kier molecular flexibility index (Phi) is 9.28. The second-order valence-electron chi connectivity index (χ2n) is 14.5. The number of nitriles is 1. The third-order valence-electron chi connectivity index (χ3n) is 10.5. The standard InChI is InChI=1S/C34H41F3N6O5/c1-32(2)30(45)43(27-6-5-25(19-38)28(14-27)34(35,36)37)31(46)42(32)8-3-7-41-20-26(39-40-41)21-47-9-4-10-48-29(44)18-33-15-22-11-23(16-33)13-24(12-22)17-33/h5-6,14,20,22-24H,3-4,7-13,15-18,21H2,1-2H3. The highest BCUT2D eigenvalue weighted by atomic mass is 19.4. The number of hydrogen-bond donors (Lipinski definition) is 0. The summed E-state index contributed by atoms with van der Waals surface area (Å²) in [5, 5.41) is 17.3. The zero-order valence-corrected chi connectivity index (χ0v) is 27.3. The normalized spacial score (nSPS) is 26.0. The van der Waals surface area contributed by atoms with Crippen molar-refractivity contribution >= 4 is 23.6 Å². The number of aromatic nitrogens is 3. The van der Waals surface area contributed by atoms with Crippen LogP contribution in [0.1, 0.15) is 88.5 Å². The van der Waals surface area contributed by atoms with Gasteiger partial charge in [0.15, 0.2) is 0 Å². The molecule has 0 unspecified atom stereocenters. The molecule has 0 radical (unpaired) electrons. The molecule has 1 aromatic carbocycles. The Labute approximate surface area is 277 Å². The van der Waals surface area contributed by atoms with E-state index in [2.05, 4.69) is 10.3 Å². The van der Waals surface area contributed by atoms with Crippen molar-refractivity contribution in [3.05, 3.63) is 41.2 Å². The molecule has 2 aromatic rings. The maximum Gasteiger partial charge on any atom is 0.417 e. The molecule has 0 spiro atoms. The zero-order valence-electron chi connectivity index (χ0n) is 27.3. The maximum absolute atomic E-state index is 13.5. The van der Waals surface area contributed by atoms with Crippen LogP contribution in [0.5, 0.6) is 0 Å². The van der Waals surface area contributed by atoms with Gasteiger partial charge in [-0.25, -0.2) is 9.69 Å². The number of nitrogens with zero attached hydrogens (tertiary/aromatic N) is 6. The highest BCUT2D eigenvalue weighted by molar-refractivity contribution is 6.23. The Balaban J connectivity index is 0.915. The lowest BCUT2D eigenvalue weighted by atomic mass is 9.49. The van der Waals surface area contributed by atoms with Crippen molar-refractivity contribution in [2.45, 2.75) is 96.5 Å². The number of carbonyl (C=O) groups is 3. The molecule has 1 saturated heterocycles. The average molecular weight is 671 g/mol. The van der Waals surface area contributed by atoms with Crippen LogP contribution in [0.4, 0.5) is 23.7 Å². The Morgan fingerprint density at radius 3 is 2.38 bits per heavy atom. The molecule has 2 heterocycles. The summed E-state index contributed by atoms with van der Waals surface area (Å²) in [5.74, 6) is 1.64. The Hall–Kier alpha value is -3.99. The zero-order chi connectivity index (χ0) is 34.3. The first-order valence-corrected chi connectivity index (χ1v) is 16.7. The van der Waals surface area contributed by atoms with Crippen LogP contribution in [0.3, 0.4) is 0 Å². The fraction of sp³-hybridized carbons (Fsp3) is 0.647. The summed E-state index contributed by atoms with van der Waals surface area (Å²) < 4.78 is 53.4. The van der Waals surface area contributed by atoms with Crippen molar-refractivity contribution in [3.8, 4) is 6.07 Å². The second kappa shape index (κ2) is 13.1. The van der Waals surface area contributed by atoms with E-state index in [0.717, 1.165) is 34.8 Å². The molecule has 258 valence electrons. The summed E-state index contributed by atoms with van der Waals surface area (Å²) >= 11 is 0. The van der Waals surface area contributed by atoms with E-state index < -0.39 is 34.8 Å². The first kappa shape index (κ1) is 33.9.